The molecule has 1 aromatic heterocycles. The van der Waals surface area contributed by atoms with Crippen molar-refractivity contribution < 1.29 is 9.53 Å². The van der Waals surface area contributed by atoms with E-state index >= 15 is 0 Å². The van der Waals surface area contributed by atoms with E-state index < -0.39 is 0 Å². The lowest BCUT2D eigenvalue weighted by atomic mass is 10.1. The van der Waals surface area contributed by atoms with E-state index in [9.17, 15) is 4.79 Å². The van der Waals surface area contributed by atoms with Crippen LogP contribution in [0.1, 0.15) is 28.0 Å². The van der Waals surface area contributed by atoms with Gasteiger partial charge in [0.05, 0.1) is 18.4 Å². The van der Waals surface area contributed by atoms with Crippen molar-refractivity contribution >= 4 is 24.2 Å². The summed E-state index contributed by atoms with van der Waals surface area (Å²) >= 11 is 0. The number of pyridine rings is 1. The summed E-state index contributed by atoms with van der Waals surface area (Å²) in [5.41, 5.74) is 2.16. The van der Waals surface area contributed by atoms with Gasteiger partial charge in [0.15, 0.2) is 0 Å². The Hall–Kier alpha value is -1.33. The fourth-order valence-electron chi connectivity index (χ4n) is 2.30. The number of carbonyl (C=O) groups excluding carboxylic acids is 1. The van der Waals surface area contributed by atoms with E-state index in [1.165, 1.54) is 7.11 Å². The third-order valence-electron chi connectivity index (χ3n) is 3.20. The number of esters is 1. The van der Waals surface area contributed by atoms with Gasteiger partial charge >= 0.3 is 5.97 Å². The minimum absolute atomic E-state index is 0. The van der Waals surface area contributed by atoms with Gasteiger partial charge in [0.2, 0.25) is 0 Å². The number of hydrogen-bond acceptors (Lipinski definition) is 5. The number of carbonyl (C=O) groups is 1. The molecule has 2 rings (SSSR count). The molecule has 0 bridgehead atoms. The SMILES string of the molecule is COC(=O)c1c(C)cc(N[C@@H]2CCNC2)nc1C.Cl. The van der Waals surface area contributed by atoms with Crippen molar-refractivity contribution in [2.45, 2.75) is 26.3 Å². The molecule has 1 aliphatic rings. The van der Waals surface area contributed by atoms with Gasteiger partial charge in [-0.05, 0) is 38.4 Å². The first-order valence-electron chi connectivity index (χ1n) is 6.15. The van der Waals surface area contributed by atoms with E-state index in [0.29, 0.717) is 17.3 Å². The third kappa shape index (κ3) is 3.58. The zero-order valence-corrected chi connectivity index (χ0v) is 12.3. The van der Waals surface area contributed by atoms with Crippen LogP contribution in [0, 0.1) is 13.8 Å². The van der Waals surface area contributed by atoms with Crippen LogP contribution in [0.25, 0.3) is 0 Å². The zero-order chi connectivity index (χ0) is 13.1. The fourth-order valence-corrected chi connectivity index (χ4v) is 2.30. The molecule has 0 aromatic carbocycles. The Morgan fingerprint density at radius 2 is 2.26 bits per heavy atom. The summed E-state index contributed by atoms with van der Waals surface area (Å²) in [4.78, 5) is 16.0. The number of anilines is 1. The van der Waals surface area contributed by atoms with Gasteiger partial charge in [0, 0.05) is 12.6 Å². The maximum absolute atomic E-state index is 11.6. The summed E-state index contributed by atoms with van der Waals surface area (Å²) in [6.07, 6.45) is 1.10. The molecule has 1 aliphatic heterocycles. The van der Waals surface area contributed by atoms with Gasteiger partial charge in [0.25, 0.3) is 0 Å². The molecule has 0 radical (unpaired) electrons. The Bertz CT molecular complexity index is 436. The maximum Gasteiger partial charge on any atom is 0.339 e. The molecule has 6 heteroatoms. The van der Waals surface area contributed by atoms with E-state index in [1.807, 2.05) is 19.9 Å². The Morgan fingerprint density at radius 1 is 1.53 bits per heavy atom. The molecule has 1 aromatic rings. The van der Waals surface area contributed by atoms with Crippen LogP contribution in [0.5, 0.6) is 0 Å². The second-order valence-corrected chi connectivity index (χ2v) is 4.61. The van der Waals surface area contributed by atoms with Crippen LogP contribution in [-0.2, 0) is 4.74 Å². The summed E-state index contributed by atoms with van der Waals surface area (Å²) in [5.74, 6) is 0.498. The van der Waals surface area contributed by atoms with Crippen LogP contribution in [-0.4, -0.2) is 37.2 Å². The Kier molecular flexibility index (Phi) is 5.57. The van der Waals surface area contributed by atoms with Crippen molar-refractivity contribution in [3.8, 4) is 0 Å². The minimum atomic E-state index is -0.327. The maximum atomic E-state index is 11.6. The molecule has 0 amide bonds. The van der Waals surface area contributed by atoms with Gasteiger partial charge in [-0.2, -0.15) is 0 Å². The number of rotatable bonds is 3. The van der Waals surface area contributed by atoms with E-state index in [2.05, 4.69) is 15.6 Å². The number of aryl methyl sites for hydroxylation is 2. The van der Waals surface area contributed by atoms with E-state index in [4.69, 9.17) is 4.74 Å². The van der Waals surface area contributed by atoms with Gasteiger partial charge in [-0.25, -0.2) is 9.78 Å². The van der Waals surface area contributed by atoms with Crippen LogP contribution >= 0.6 is 12.4 Å². The highest BCUT2D eigenvalue weighted by Crippen LogP contribution is 2.18. The zero-order valence-electron chi connectivity index (χ0n) is 11.4. The average Bonchev–Trinajstić information content (AvgIpc) is 2.80. The van der Waals surface area contributed by atoms with Crippen molar-refractivity contribution in [2.24, 2.45) is 0 Å². The number of nitrogens with zero attached hydrogens (tertiary/aromatic N) is 1. The molecule has 106 valence electrons. The first-order chi connectivity index (χ1) is 8.61. The second kappa shape index (κ2) is 6.73. The lowest BCUT2D eigenvalue weighted by Crippen LogP contribution is -2.23. The van der Waals surface area contributed by atoms with Crippen molar-refractivity contribution in [2.75, 3.05) is 25.5 Å². The highest BCUT2D eigenvalue weighted by atomic mass is 35.5. The van der Waals surface area contributed by atoms with Crippen LogP contribution < -0.4 is 10.6 Å². The van der Waals surface area contributed by atoms with Crippen molar-refractivity contribution in [1.29, 1.82) is 0 Å². The van der Waals surface area contributed by atoms with E-state index in [-0.39, 0.29) is 18.4 Å². The molecule has 0 spiro atoms. The van der Waals surface area contributed by atoms with Gasteiger partial charge in [-0.15, -0.1) is 12.4 Å². The van der Waals surface area contributed by atoms with E-state index in [1.54, 1.807) is 0 Å². The second-order valence-electron chi connectivity index (χ2n) is 4.61. The number of nitrogens with one attached hydrogen (secondary N) is 2. The molecule has 5 nitrogen and oxygen atoms in total. The standard InChI is InChI=1S/C13H19N3O2.ClH/c1-8-6-11(16-10-4-5-14-7-10)15-9(2)12(8)13(17)18-3;/h6,10,14H,4-5,7H2,1-3H3,(H,15,16);1H/t10-;/m1./s1. The first kappa shape index (κ1) is 15.7. The highest BCUT2D eigenvalue weighted by Gasteiger charge is 2.18. The smallest absolute Gasteiger partial charge is 0.339 e. The largest absolute Gasteiger partial charge is 0.465 e. The third-order valence-corrected chi connectivity index (χ3v) is 3.20. The highest BCUT2D eigenvalue weighted by molar-refractivity contribution is 5.92. The fraction of sp³-hybridized carbons (Fsp3) is 0.538. The predicted molar refractivity (Wildman–Crippen MR) is 77.2 cm³/mol. The molecule has 0 saturated carbocycles. The molecular formula is C13H20ClN3O2. The topological polar surface area (TPSA) is 63.2 Å². The molecular weight excluding hydrogens is 266 g/mol. The Balaban J connectivity index is 0.00000180. The predicted octanol–water partition coefficient (Wildman–Crippen LogP) is 1.68. The summed E-state index contributed by atoms with van der Waals surface area (Å²) < 4.78 is 4.76. The Labute approximate surface area is 119 Å². The van der Waals surface area contributed by atoms with E-state index in [0.717, 1.165) is 30.9 Å². The normalized spacial score (nSPS) is 17.7. The molecule has 1 atom stereocenters. The summed E-state index contributed by atoms with van der Waals surface area (Å²) in [6, 6.07) is 2.32. The molecule has 1 saturated heterocycles. The van der Waals surface area contributed by atoms with Crippen molar-refractivity contribution in [3.05, 3.63) is 22.9 Å². The summed E-state index contributed by atoms with van der Waals surface area (Å²) in [6.45, 7) is 5.73. The molecule has 19 heavy (non-hydrogen) atoms. The molecule has 1 fully saturated rings. The number of methoxy groups -OCH3 is 1. The van der Waals surface area contributed by atoms with Crippen LogP contribution in [0.4, 0.5) is 5.82 Å². The molecule has 2 N–H and O–H groups in total. The number of ether oxygens (including phenoxy) is 1. The van der Waals surface area contributed by atoms with Crippen molar-refractivity contribution in [3.63, 3.8) is 0 Å². The van der Waals surface area contributed by atoms with Crippen LogP contribution in [0.2, 0.25) is 0 Å². The van der Waals surface area contributed by atoms with Gasteiger partial charge in [0.1, 0.15) is 5.82 Å². The van der Waals surface area contributed by atoms with Crippen LogP contribution in [0.3, 0.4) is 0 Å². The molecule has 2 heterocycles. The average molecular weight is 286 g/mol. The lowest BCUT2D eigenvalue weighted by Gasteiger charge is -2.15. The first-order valence-corrected chi connectivity index (χ1v) is 6.15. The van der Waals surface area contributed by atoms with Gasteiger partial charge in [-0.3, -0.25) is 0 Å². The number of aromatic nitrogens is 1. The van der Waals surface area contributed by atoms with Gasteiger partial charge in [-0.1, -0.05) is 0 Å². The summed E-state index contributed by atoms with van der Waals surface area (Å²) in [7, 11) is 1.39. The minimum Gasteiger partial charge on any atom is -0.465 e. The number of hydrogen-bond donors (Lipinski definition) is 2. The number of halogens is 1. The lowest BCUT2D eigenvalue weighted by molar-refractivity contribution is 0.0598. The monoisotopic (exact) mass is 285 g/mol. The summed E-state index contributed by atoms with van der Waals surface area (Å²) in [5, 5.41) is 6.68. The van der Waals surface area contributed by atoms with Crippen LogP contribution in [0.15, 0.2) is 6.07 Å². The van der Waals surface area contributed by atoms with Gasteiger partial charge < -0.3 is 15.4 Å². The Morgan fingerprint density at radius 3 is 2.79 bits per heavy atom. The quantitative estimate of drug-likeness (QED) is 0.828. The van der Waals surface area contributed by atoms with Crippen molar-refractivity contribution in [1.82, 2.24) is 10.3 Å². The molecule has 0 aliphatic carbocycles. The molecule has 0 unspecified atom stereocenters.